The molecule has 2 heterocycles. The van der Waals surface area contributed by atoms with E-state index in [0.29, 0.717) is 22.8 Å². The number of aromatic nitrogens is 2. The summed E-state index contributed by atoms with van der Waals surface area (Å²) in [5, 5.41) is 14.6. The SMILES string of the molecule is Cc1cccc(OCc2nnc(C(=O)Nc3cccc(C(=O)NCCN4CCN(C)CC4)c3)s2)c1. The number of nitrogens with one attached hydrogen (secondary N) is 2. The summed E-state index contributed by atoms with van der Waals surface area (Å²) in [6.45, 7) is 7.75. The van der Waals surface area contributed by atoms with Crippen molar-refractivity contribution in [3.05, 3.63) is 69.7 Å². The molecule has 0 aliphatic carbocycles. The van der Waals surface area contributed by atoms with Crippen molar-refractivity contribution in [2.75, 3.05) is 51.6 Å². The molecule has 4 rings (SSSR count). The fraction of sp³-hybridized carbons (Fsp3) is 0.360. The van der Waals surface area contributed by atoms with Gasteiger partial charge in [0.2, 0.25) is 5.01 Å². The highest BCUT2D eigenvalue weighted by Gasteiger charge is 2.16. The van der Waals surface area contributed by atoms with Gasteiger partial charge in [-0.05, 0) is 49.9 Å². The summed E-state index contributed by atoms with van der Waals surface area (Å²) >= 11 is 1.17. The molecule has 0 spiro atoms. The second-order valence-electron chi connectivity index (χ2n) is 8.54. The topological polar surface area (TPSA) is 99.7 Å². The molecule has 0 unspecified atom stereocenters. The third kappa shape index (κ3) is 7.32. The van der Waals surface area contributed by atoms with Crippen molar-refractivity contribution in [1.29, 1.82) is 0 Å². The van der Waals surface area contributed by atoms with Crippen LogP contribution in [0.25, 0.3) is 0 Å². The molecule has 1 aliphatic rings. The monoisotopic (exact) mass is 494 g/mol. The van der Waals surface area contributed by atoms with Gasteiger partial charge < -0.3 is 20.3 Å². The summed E-state index contributed by atoms with van der Waals surface area (Å²) in [6, 6.07) is 14.6. The minimum absolute atomic E-state index is 0.165. The minimum Gasteiger partial charge on any atom is -0.486 e. The van der Waals surface area contributed by atoms with Crippen LogP contribution in [0, 0.1) is 6.92 Å². The molecular weight excluding hydrogens is 464 g/mol. The molecule has 35 heavy (non-hydrogen) atoms. The number of carbonyl (C=O) groups is 2. The van der Waals surface area contributed by atoms with Crippen LogP contribution in [0.2, 0.25) is 0 Å². The number of likely N-dealkylation sites (N-methyl/N-ethyl adjacent to an activating group) is 1. The summed E-state index contributed by atoms with van der Waals surface area (Å²) in [6.07, 6.45) is 0. The fourth-order valence-electron chi connectivity index (χ4n) is 3.68. The predicted molar refractivity (Wildman–Crippen MR) is 136 cm³/mol. The van der Waals surface area contributed by atoms with Gasteiger partial charge in [-0.25, -0.2) is 0 Å². The van der Waals surface area contributed by atoms with E-state index >= 15 is 0 Å². The molecule has 184 valence electrons. The van der Waals surface area contributed by atoms with Crippen molar-refractivity contribution in [2.45, 2.75) is 13.5 Å². The molecule has 3 aromatic rings. The van der Waals surface area contributed by atoms with Gasteiger partial charge in [0.1, 0.15) is 12.4 Å². The second kappa shape index (κ2) is 11.9. The summed E-state index contributed by atoms with van der Waals surface area (Å²) in [7, 11) is 2.12. The standard InChI is InChI=1S/C25H30N6O3S/c1-18-5-3-8-21(15-18)34-17-22-28-29-25(35-22)24(33)27-20-7-4-6-19(16-20)23(32)26-9-10-31-13-11-30(2)12-14-31/h3-8,15-16H,9-14,17H2,1-2H3,(H,26,32)(H,27,33). The van der Waals surface area contributed by atoms with Crippen LogP contribution in [0.4, 0.5) is 5.69 Å². The summed E-state index contributed by atoms with van der Waals surface area (Å²) in [5.41, 5.74) is 2.12. The highest BCUT2D eigenvalue weighted by molar-refractivity contribution is 7.13. The molecule has 9 nitrogen and oxygen atoms in total. The Bertz CT molecular complexity index is 1160. The van der Waals surface area contributed by atoms with Crippen LogP contribution >= 0.6 is 11.3 Å². The predicted octanol–water partition coefficient (Wildman–Crippen LogP) is 2.66. The smallest absolute Gasteiger partial charge is 0.286 e. The molecule has 0 radical (unpaired) electrons. The van der Waals surface area contributed by atoms with Crippen LogP contribution in [0.3, 0.4) is 0 Å². The summed E-state index contributed by atoms with van der Waals surface area (Å²) < 4.78 is 5.73. The van der Waals surface area contributed by atoms with Gasteiger partial charge in [-0.15, -0.1) is 10.2 Å². The third-order valence-electron chi connectivity index (χ3n) is 5.71. The second-order valence-corrected chi connectivity index (χ2v) is 9.60. The zero-order valence-electron chi connectivity index (χ0n) is 20.0. The normalized spacial score (nSPS) is 14.5. The summed E-state index contributed by atoms with van der Waals surface area (Å²) in [5.74, 6) is 0.198. The number of anilines is 1. The first kappa shape index (κ1) is 24.8. The number of benzene rings is 2. The lowest BCUT2D eigenvalue weighted by atomic mass is 10.2. The molecule has 2 amide bonds. The van der Waals surface area contributed by atoms with Crippen LogP contribution in [0.15, 0.2) is 48.5 Å². The number of hydrogen-bond donors (Lipinski definition) is 2. The molecule has 10 heteroatoms. The van der Waals surface area contributed by atoms with Gasteiger partial charge in [-0.1, -0.05) is 29.5 Å². The third-order valence-corrected chi connectivity index (χ3v) is 6.60. The van der Waals surface area contributed by atoms with Gasteiger partial charge in [0.15, 0.2) is 5.01 Å². The average molecular weight is 495 g/mol. The van der Waals surface area contributed by atoms with Crippen molar-refractivity contribution < 1.29 is 14.3 Å². The molecule has 0 bridgehead atoms. The van der Waals surface area contributed by atoms with E-state index in [9.17, 15) is 9.59 Å². The number of nitrogens with zero attached hydrogens (tertiary/aromatic N) is 4. The van der Waals surface area contributed by atoms with Crippen LogP contribution in [0.5, 0.6) is 5.75 Å². The van der Waals surface area contributed by atoms with Gasteiger partial charge in [0, 0.05) is 50.5 Å². The van der Waals surface area contributed by atoms with Gasteiger partial charge in [-0.3, -0.25) is 14.5 Å². The zero-order valence-corrected chi connectivity index (χ0v) is 20.8. The molecule has 1 fully saturated rings. The zero-order chi connectivity index (χ0) is 24.6. The van der Waals surface area contributed by atoms with Crippen LogP contribution in [-0.4, -0.2) is 78.1 Å². The lowest BCUT2D eigenvalue weighted by molar-refractivity contribution is 0.0940. The van der Waals surface area contributed by atoms with E-state index < -0.39 is 0 Å². The lowest BCUT2D eigenvalue weighted by Crippen LogP contribution is -2.46. The number of piperazine rings is 1. The maximum Gasteiger partial charge on any atom is 0.286 e. The van der Waals surface area contributed by atoms with E-state index in [4.69, 9.17) is 4.74 Å². The van der Waals surface area contributed by atoms with Gasteiger partial charge in [0.25, 0.3) is 11.8 Å². The molecule has 0 saturated carbocycles. The van der Waals surface area contributed by atoms with Crippen molar-refractivity contribution >= 4 is 28.8 Å². The van der Waals surface area contributed by atoms with E-state index in [2.05, 4.69) is 37.7 Å². The Labute approximate surface area is 209 Å². The van der Waals surface area contributed by atoms with Gasteiger partial charge >= 0.3 is 0 Å². The van der Waals surface area contributed by atoms with E-state index in [-0.39, 0.29) is 23.4 Å². The molecule has 2 aromatic carbocycles. The average Bonchev–Trinajstić information content (AvgIpc) is 3.34. The van der Waals surface area contributed by atoms with Crippen molar-refractivity contribution in [3.8, 4) is 5.75 Å². The van der Waals surface area contributed by atoms with E-state index in [1.54, 1.807) is 24.3 Å². The molecule has 2 N–H and O–H groups in total. The first-order valence-electron chi connectivity index (χ1n) is 11.6. The largest absolute Gasteiger partial charge is 0.486 e. The number of carbonyl (C=O) groups excluding carboxylic acids is 2. The van der Waals surface area contributed by atoms with E-state index in [1.807, 2.05) is 31.2 Å². The van der Waals surface area contributed by atoms with Crippen molar-refractivity contribution in [3.63, 3.8) is 0 Å². The molecule has 1 aromatic heterocycles. The van der Waals surface area contributed by atoms with E-state index in [0.717, 1.165) is 44.0 Å². The quantitative estimate of drug-likeness (QED) is 0.472. The number of hydrogen-bond acceptors (Lipinski definition) is 8. The highest BCUT2D eigenvalue weighted by Crippen LogP contribution is 2.18. The van der Waals surface area contributed by atoms with Crippen LogP contribution in [-0.2, 0) is 6.61 Å². The van der Waals surface area contributed by atoms with Crippen LogP contribution in [0.1, 0.15) is 30.7 Å². The van der Waals surface area contributed by atoms with Gasteiger partial charge in [0.05, 0.1) is 0 Å². The van der Waals surface area contributed by atoms with Crippen molar-refractivity contribution in [1.82, 2.24) is 25.3 Å². The van der Waals surface area contributed by atoms with Crippen molar-refractivity contribution in [2.24, 2.45) is 0 Å². The Hall–Kier alpha value is -3.34. The Morgan fingerprint density at radius 3 is 2.63 bits per heavy atom. The Morgan fingerprint density at radius 1 is 1.03 bits per heavy atom. The van der Waals surface area contributed by atoms with Gasteiger partial charge in [-0.2, -0.15) is 0 Å². The number of aryl methyl sites for hydroxylation is 1. The molecule has 1 aliphatic heterocycles. The fourth-order valence-corrected chi connectivity index (χ4v) is 4.33. The first-order chi connectivity index (χ1) is 17.0. The Morgan fingerprint density at radius 2 is 1.83 bits per heavy atom. The number of rotatable bonds is 9. The first-order valence-corrected chi connectivity index (χ1v) is 12.4. The lowest BCUT2D eigenvalue weighted by Gasteiger charge is -2.32. The van der Waals surface area contributed by atoms with Crippen LogP contribution < -0.4 is 15.4 Å². The molecular formula is C25H30N6O3S. The highest BCUT2D eigenvalue weighted by atomic mass is 32.1. The maximum atomic E-state index is 12.6. The maximum absolute atomic E-state index is 12.6. The minimum atomic E-state index is -0.378. The van der Waals surface area contributed by atoms with E-state index in [1.165, 1.54) is 11.3 Å². The Kier molecular flexibility index (Phi) is 8.40. The molecule has 0 atom stereocenters. The number of ether oxygens (including phenoxy) is 1. The Balaban J connectivity index is 1.26. The number of amides is 2. The summed E-state index contributed by atoms with van der Waals surface area (Å²) in [4.78, 5) is 29.9. The molecule has 1 saturated heterocycles.